The maximum atomic E-state index is 14.2. The zero-order valence-corrected chi connectivity index (χ0v) is 26.0. The summed E-state index contributed by atoms with van der Waals surface area (Å²) < 4.78 is 15.6. The first kappa shape index (κ1) is 33.0. The minimum Gasteiger partial charge on any atom is -0.364 e. The Kier molecular flexibility index (Phi) is 10.3. The van der Waals surface area contributed by atoms with Crippen molar-refractivity contribution in [2.45, 2.75) is 44.4 Å². The molecule has 2 aliphatic rings. The van der Waals surface area contributed by atoms with Crippen LogP contribution in [0.5, 0.6) is 0 Å². The van der Waals surface area contributed by atoms with E-state index < -0.39 is 17.6 Å². The topological polar surface area (TPSA) is 146 Å². The third-order valence-electron chi connectivity index (χ3n) is 7.88. The van der Waals surface area contributed by atoms with Crippen LogP contribution in [0.25, 0.3) is 10.9 Å². The molecule has 1 saturated carbocycles. The van der Waals surface area contributed by atoms with Crippen molar-refractivity contribution in [2.75, 3.05) is 39.0 Å². The lowest BCUT2D eigenvalue weighted by Crippen LogP contribution is -2.43. The molecule has 1 saturated heterocycles. The average molecular weight is 650 g/mol. The van der Waals surface area contributed by atoms with Gasteiger partial charge in [0.1, 0.15) is 12.4 Å². The quantitative estimate of drug-likeness (QED) is 0.308. The molecule has 2 aromatic carbocycles. The van der Waals surface area contributed by atoms with Crippen molar-refractivity contribution in [1.29, 1.82) is 0 Å². The van der Waals surface area contributed by atoms with Crippen molar-refractivity contribution < 1.29 is 23.6 Å². The van der Waals surface area contributed by atoms with Crippen LogP contribution in [0, 0.1) is 5.82 Å². The maximum Gasteiger partial charge on any atom is 0.321 e. The highest BCUT2D eigenvalue weighted by Gasteiger charge is 2.34. The zero-order valence-electron chi connectivity index (χ0n) is 24.4. The summed E-state index contributed by atoms with van der Waals surface area (Å²) in [4.78, 5) is 56.5. The van der Waals surface area contributed by atoms with E-state index in [0.717, 1.165) is 32.4 Å². The molecule has 44 heavy (non-hydrogen) atoms. The Balaban J connectivity index is 0.00000442. The number of nitrogens with zero attached hydrogens (tertiary/aromatic N) is 5. The molecule has 1 atom stereocenters. The van der Waals surface area contributed by atoms with Crippen molar-refractivity contribution >= 4 is 64.4 Å². The Bertz CT molecular complexity index is 1580. The van der Waals surface area contributed by atoms with Crippen LogP contribution in [0.15, 0.2) is 36.4 Å². The molecule has 1 aliphatic heterocycles. The Labute approximate surface area is 265 Å². The summed E-state index contributed by atoms with van der Waals surface area (Å²) >= 11 is 5.82. The van der Waals surface area contributed by atoms with E-state index in [0.29, 0.717) is 16.6 Å². The Morgan fingerprint density at radius 2 is 1.89 bits per heavy atom. The molecular formula is C29H35Cl2FN8O4. The Hall–Kier alpha value is -3.94. The molecule has 5 amide bonds. The van der Waals surface area contributed by atoms with Crippen molar-refractivity contribution in [3.8, 4) is 0 Å². The van der Waals surface area contributed by atoms with Gasteiger partial charge < -0.3 is 31.1 Å². The Morgan fingerprint density at radius 3 is 2.55 bits per heavy atom. The van der Waals surface area contributed by atoms with E-state index >= 15 is 0 Å². The summed E-state index contributed by atoms with van der Waals surface area (Å²) in [5.74, 6) is -2.20. The number of primary amides is 1. The standard InChI is InChI=1S/C29H34ClFN8O4.ClH/c1-36-11-10-20(14-36)37(2)29(43)34-18-6-9-23-21(12-18)27(28(32)42)35-39(23)16-25(41)38(19-7-8-19)15-24(40)33-13-17-4-3-5-22(30)26(17)31;/h3-6,9,12,19-20H,7-8,10-11,13-16H2,1-2H3,(H2,32,42)(H,33,40)(H,34,43);1H/t20-;/m1./s1. The number of hydrogen-bond acceptors (Lipinski definition) is 6. The molecule has 0 bridgehead atoms. The van der Waals surface area contributed by atoms with Crippen LogP contribution in [0.1, 0.15) is 35.3 Å². The molecule has 0 spiro atoms. The number of fused-ring (bicyclic) bond motifs is 1. The smallest absolute Gasteiger partial charge is 0.321 e. The number of halogens is 3. The number of nitrogens with one attached hydrogen (secondary N) is 2. The van der Waals surface area contributed by atoms with Gasteiger partial charge in [0, 0.05) is 48.9 Å². The summed E-state index contributed by atoms with van der Waals surface area (Å²) in [6.07, 6.45) is 2.39. The number of rotatable bonds is 10. The highest BCUT2D eigenvalue weighted by Crippen LogP contribution is 2.28. The highest BCUT2D eigenvalue weighted by atomic mass is 35.5. The normalized spacial score (nSPS) is 16.3. The number of urea groups is 1. The van der Waals surface area contributed by atoms with Gasteiger partial charge in [-0.2, -0.15) is 5.10 Å². The molecule has 12 nitrogen and oxygen atoms in total. The lowest BCUT2D eigenvalue weighted by Gasteiger charge is -2.24. The molecule has 1 aromatic heterocycles. The second kappa shape index (κ2) is 13.8. The molecule has 0 unspecified atom stereocenters. The number of benzene rings is 2. The molecule has 2 heterocycles. The van der Waals surface area contributed by atoms with E-state index in [2.05, 4.69) is 20.6 Å². The number of carbonyl (C=O) groups is 4. The third-order valence-corrected chi connectivity index (χ3v) is 8.18. The van der Waals surface area contributed by atoms with Crippen molar-refractivity contribution in [3.05, 3.63) is 58.5 Å². The molecule has 15 heteroatoms. The van der Waals surface area contributed by atoms with Crippen molar-refractivity contribution in [2.24, 2.45) is 5.73 Å². The van der Waals surface area contributed by atoms with Crippen LogP contribution in [0.4, 0.5) is 14.9 Å². The number of carbonyl (C=O) groups excluding carboxylic acids is 4. The van der Waals surface area contributed by atoms with Gasteiger partial charge in [0.15, 0.2) is 5.69 Å². The summed E-state index contributed by atoms with van der Waals surface area (Å²) in [5, 5.41) is 10.2. The minimum absolute atomic E-state index is 0. The van der Waals surface area contributed by atoms with Gasteiger partial charge in [-0.3, -0.25) is 19.1 Å². The first-order valence-corrected chi connectivity index (χ1v) is 14.4. The van der Waals surface area contributed by atoms with Crippen LogP contribution in [0.2, 0.25) is 5.02 Å². The van der Waals surface area contributed by atoms with Crippen LogP contribution in [0.3, 0.4) is 0 Å². The van der Waals surface area contributed by atoms with Gasteiger partial charge in [-0.05, 0) is 57.1 Å². The number of anilines is 1. The van der Waals surface area contributed by atoms with Crippen molar-refractivity contribution in [3.63, 3.8) is 0 Å². The van der Waals surface area contributed by atoms with Gasteiger partial charge in [0.05, 0.1) is 17.1 Å². The molecule has 4 N–H and O–H groups in total. The molecular weight excluding hydrogens is 614 g/mol. The van der Waals surface area contributed by atoms with Gasteiger partial charge in [0.2, 0.25) is 11.8 Å². The maximum absolute atomic E-state index is 14.2. The molecule has 5 rings (SSSR count). The largest absolute Gasteiger partial charge is 0.364 e. The number of aromatic nitrogens is 2. The van der Waals surface area contributed by atoms with Crippen LogP contribution in [-0.4, -0.2) is 94.0 Å². The fourth-order valence-electron chi connectivity index (χ4n) is 5.28. The lowest BCUT2D eigenvalue weighted by atomic mass is 10.1. The van der Waals surface area contributed by atoms with Gasteiger partial charge in [-0.1, -0.05) is 23.7 Å². The van der Waals surface area contributed by atoms with Gasteiger partial charge in [0.25, 0.3) is 5.91 Å². The molecule has 1 aliphatic carbocycles. The summed E-state index contributed by atoms with van der Waals surface area (Å²) in [7, 11) is 3.76. The predicted molar refractivity (Wildman–Crippen MR) is 166 cm³/mol. The monoisotopic (exact) mass is 648 g/mol. The van der Waals surface area contributed by atoms with Crippen molar-refractivity contribution in [1.82, 2.24) is 29.8 Å². The van der Waals surface area contributed by atoms with E-state index in [4.69, 9.17) is 17.3 Å². The molecule has 3 aromatic rings. The second-order valence-corrected chi connectivity index (χ2v) is 11.5. The SMILES string of the molecule is CN1CC[C@@H](N(C)C(=O)Nc2ccc3c(c2)c(C(N)=O)nn3CC(=O)N(CC(=O)NCc2cccc(Cl)c2F)C2CC2)C1.Cl. The summed E-state index contributed by atoms with van der Waals surface area (Å²) in [5.41, 5.74) is 6.73. The molecule has 236 valence electrons. The van der Waals surface area contributed by atoms with Gasteiger partial charge in [-0.15, -0.1) is 12.4 Å². The van der Waals surface area contributed by atoms with E-state index in [1.165, 1.54) is 21.7 Å². The van der Waals surface area contributed by atoms with Gasteiger partial charge in [-0.25, -0.2) is 9.18 Å². The second-order valence-electron chi connectivity index (χ2n) is 11.1. The first-order valence-electron chi connectivity index (χ1n) is 14.0. The molecule has 0 radical (unpaired) electrons. The third kappa shape index (κ3) is 7.40. The number of hydrogen-bond donors (Lipinski definition) is 3. The number of amides is 5. The molecule has 2 fully saturated rings. The van der Waals surface area contributed by atoms with Crippen LogP contribution in [-0.2, 0) is 22.7 Å². The average Bonchev–Trinajstić information content (AvgIpc) is 3.62. The van der Waals surface area contributed by atoms with Crippen LogP contribution < -0.4 is 16.4 Å². The van der Waals surface area contributed by atoms with Crippen LogP contribution >= 0.6 is 24.0 Å². The number of nitrogens with two attached hydrogens (primary N) is 1. The Morgan fingerprint density at radius 1 is 1.14 bits per heavy atom. The summed E-state index contributed by atoms with van der Waals surface area (Å²) in [6, 6.07) is 9.19. The lowest BCUT2D eigenvalue weighted by molar-refractivity contribution is -0.137. The fourth-order valence-corrected chi connectivity index (χ4v) is 5.47. The highest BCUT2D eigenvalue weighted by molar-refractivity contribution is 6.30. The van der Waals surface area contributed by atoms with E-state index in [-0.39, 0.29) is 72.3 Å². The number of likely N-dealkylation sites (N-methyl/N-ethyl adjacent to an activating group) is 2. The summed E-state index contributed by atoms with van der Waals surface area (Å²) in [6.45, 7) is 1.18. The predicted octanol–water partition coefficient (Wildman–Crippen LogP) is 2.82. The minimum atomic E-state index is -0.780. The fraction of sp³-hybridized carbons (Fsp3) is 0.414. The van der Waals surface area contributed by atoms with E-state index in [1.54, 1.807) is 36.2 Å². The van der Waals surface area contributed by atoms with E-state index in [9.17, 15) is 23.6 Å². The zero-order chi connectivity index (χ0) is 30.8. The number of likely N-dealkylation sites (tertiary alicyclic amines) is 1. The van der Waals surface area contributed by atoms with Gasteiger partial charge >= 0.3 is 6.03 Å². The van der Waals surface area contributed by atoms with E-state index in [1.807, 2.05) is 7.05 Å². The first-order chi connectivity index (χ1) is 20.5.